The SMILES string of the molecule is N#Cc1cccnc1OCC1CC1. The summed E-state index contributed by atoms with van der Waals surface area (Å²) in [5.74, 6) is 1.16. The Labute approximate surface area is 77.0 Å². The van der Waals surface area contributed by atoms with Gasteiger partial charge in [0.25, 0.3) is 0 Å². The molecule has 0 aromatic carbocycles. The third kappa shape index (κ3) is 1.97. The van der Waals surface area contributed by atoms with Crippen LogP contribution >= 0.6 is 0 Å². The van der Waals surface area contributed by atoms with Crippen LogP contribution in [0.25, 0.3) is 0 Å². The van der Waals surface area contributed by atoms with Gasteiger partial charge in [0.05, 0.1) is 6.61 Å². The summed E-state index contributed by atoms with van der Waals surface area (Å²) in [6.07, 6.45) is 4.13. The maximum atomic E-state index is 8.73. The largest absolute Gasteiger partial charge is 0.476 e. The molecule has 1 aromatic heterocycles. The maximum absolute atomic E-state index is 8.73. The molecule has 1 saturated carbocycles. The minimum absolute atomic E-state index is 0.469. The lowest BCUT2D eigenvalue weighted by Crippen LogP contribution is -2.02. The molecule has 1 fully saturated rings. The number of nitriles is 1. The molecule has 1 heterocycles. The van der Waals surface area contributed by atoms with Crippen LogP contribution in [0, 0.1) is 17.2 Å². The Balaban J connectivity index is 2.05. The van der Waals surface area contributed by atoms with Crippen molar-refractivity contribution in [2.24, 2.45) is 5.92 Å². The highest BCUT2D eigenvalue weighted by atomic mass is 16.5. The molecular formula is C10H10N2O. The van der Waals surface area contributed by atoms with E-state index in [1.165, 1.54) is 12.8 Å². The van der Waals surface area contributed by atoms with Gasteiger partial charge >= 0.3 is 0 Å². The molecule has 1 aliphatic rings. The van der Waals surface area contributed by atoms with Gasteiger partial charge < -0.3 is 4.74 Å². The van der Waals surface area contributed by atoms with Crippen molar-refractivity contribution in [2.75, 3.05) is 6.61 Å². The lowest BCUT2D eigenvalue weighted by atomic mass is 10.3. The van der Waals surface area contributed by atoms with E-state index in [4.69, 9.17) is 10.00 Å². The van der Waals surface area contributed by atoms with Gasteiger partial charge in [-0.2, -0.15) is 5.26 Å². The Hall–Kier alpha value is -1.56. The van der Waals surface area contributed by atoms with Crippen LogP contribution in [0.3, 0.4) is 0 Å². The molecule has 3 heteroatoms. The van der Waals surface area contributed by atoms with Crippen molar-refractivity contribution in [3.8, 4) is 11.9 Å². The van der Waals surface area contributed by atoms with E-state index in [0.717, 1.165) is 0 Å². The van der Waals surface area contributed by atoms with E-state index in [1.807, 2.05) is 0 Å². The van der Waals surface area contributed by atoms with Crippen molar-refractivity contribution in [3.63, 3.8) is 0 Å². The number of pyridine rings is 1. The Kier molecular flexibility index (Phi) is 2.13. The van der Waals surface area contributed by atoms with Crippen LogP contribution in [0.15, 0.2) is 18.3 Å². The van der Waals surface area contributed by atoms with Crippen LogP contribution in [-0.4, -0.2) is 11.6 Å². The maximum Gasteiger partial charge on any atom is 0.231 e. The minimum atomic E-state index is 0.469. The Bertz CT molecular complexity index is 339. The second kappa shape index (κ2) is 3.44. The fourth-order valence-electron chi connectivity index (χ4n) is 1.07. The smallest absolute Gasteiger partial charge is 0.231 e. The van der Waals surface area contributed by atoms with E-state index in [-0.39, 0.29) is 0 Å². The number of nitrogens with zero attached hydrogens (tertiary/aromatic N) is 2. The van der Waals surface area contributed by atoms with Crippen LogP contribution in [0.4, 0.5) is 0 Å². The van der Waals surface area contributed by atoms with Gasteiger partial charge in [-0.05, 0) is 30.9 Å². The number of aromatic nitrogens is 1. The predicted molar refractivity (Wildman–Crippen MR) is 47.2 cm³/mol. The second-order valence-corrected chi connectivity index (χ2v) is 3.22. The molecule has 0 spiro atoms. The molecule has 1 aliphatic carbocycles. The first-order valence-corrected chi connectivity index (χ1v) is 4.38. The Morgan fingerprint density at radius 3 is 3.15 bits per heavy atom. The average Bonchev–Trinajstić information content (AvgIpc) is 2.99. The summed E-state index contributed by atoms with van der Waals surface area (Å²) in [6, 6.07) is 5.51. The molecule has 66 valence electrons. The van der Waals surface area contributed by atoms with Gasteiger partial charge in [0.1, 0.15) is 11.6 Å². The van der Waals surface area contributed by atoms with Crippen molar-refractivity contribution < 1.29 is 4.74 Å². The summed E-state index contributed by atoms with van der Waals surface area (Å²) in [5.41, 5.74) is 0.517. The summed E-state index contributed by atoms with van der Waals surface area (Å²) in [4.78, 5) is 4.00. The lowest BCUT2D eigenvalue weighted by molar-refractivity contribution is 0.287. The number of hydrogen-bond acceptors (Lipinski definition) is 3. The molecule has 0 atom stereocenters. The molecule has 0 saturated heterocycles. The molecule has 0 unspecified atom stereocenters. The molecule has 0 amide bonds. The second-order valence-electron chi connectivity index (χ2n) is 3.22. The van der Waals surface area contributed by atoms with Gasteiger partial charge in [-0.15, -0.1) is 0 Å². The molecule has 1 aromatic rings. The topological polar surface area (TPSA) is 45.9 Å². The van der Waals surface area contributed by atoms with Crippen molar-refractivity contribution in [1.29, 1.82) is 5.26 Å². The fraction of sp³-hybridized carbons (Fsp3) is 0.400. The number of rotatable bonds is 3. The van der Waals surface area contributed by atoms with Gasteiger partial charge in [-0.25, -0.2) is 4.98 Å². The number of ether oxygens (including phenoxy) is 1. The standard InChI is InChI=1S/C10H10N2O/c11-6-9-2-1-5-12-10(9)13-7-8-3-4-8/h1-2,5,8H,3-4,7H2. The highest BCUT2D eigenvalue weighted by molar-refractivity contribution is 5.36. The first kappa shape index (κ1) is 8.06. The minimum Gasteiger partial charge on any atom is -0.476 e. The molecule has 2 rings (SSSR count). The Morgan fingerprint density at radius 2 is 2.46 bits per heavy atom. The van der Waals surface area contributed by atoms with Crippen LogP contribution in [0.5, 0.6) is 5.88 Å². The predicted octanol–water partition coefficient (Wildman–Crippen LogP) is 1.74. The van der Waals surface area contributed by atoms with Crippen LogP contribution < -0.4 is 4.74 Å². The number of hydrogen-bond donors (Lipinski definition) is 0. The van der Waals surface area contributed by atoms with E-state index < -0.39 is 0 Å². The zero-order valence-electron chi connectivity index (χ0n) is 7.23. The zero-order chi connectivity index (χ0) is 9.10. The van der Waals surface area contributed by atoms with Gasteiger partial charge in [0.15, 0.2) is 0 Å². The van der Waals surface area contributed by atoms with Gasteiger partial charge in [-0.1, -0.05) is 0 Å². The summed E-state index contributed by atoms with van der Waals surface area (Å²) >= 11 is 0. The zero-order valence-corrected chi connectivity index (χ0v) is 7.23. The third-order valence-electron chi connectivity index (χ3n) is 2.04. The average molecular weight is 174 g/mol. The van der Waals surface area contributed by atoms with Crippen LogP contribution in [0.1, 0.15) is 18.4 Å². The molecular weight excluding hydrogens is 164 g/mol. The third-order valence-corrected chi connectivity index (χ3v) is 2.04. The lowest BCUT2D eigenvalue weighted by Gasteiger charge is -2.04. The van der Waals surface area contributed by atoms with Crippen molar-refractivity contribution in [3.05, 3.63) is 23.9 Å². The van der Waals surface area contributed by atoms with E-state index >= 15 is 0 Å². The normalized spacial score (nSPS) is 15.0. The Morgan fingerprint density at radius 1 is 1.62 bits per heavy atom. The van der Waals surface area contributed by atoms with Crippen LogP contribution in [-0.2, 0) is 0 Å². The molecule has 0 N–H and O–H groups in total. The molecule has 0 bridgehead atoms. The summed E-state index contributed by atoms with van der Waals surface area (Å²) in [6.45, 7) is 0.700. The van der Waals surface area contributed by atoms with Gasteiger partial charge in [0, 0.05) is 6.20 Å². The van der Waals surface area contributed by atoms with Crippen molar-refractivity contribution in [1.82, 2.24) is 4.98 Å². The molecule has 0 radical (unpaired) electrons. The van der Waals surface area contributed by atoms with Crippen molar-refractivity contribution >= 4 is 0 Å². The monoisotopic (exact) mass is 174 g/mol. The molecule has 3 nitrogen and oxygen atoms in total. The summed E-state index contributed by atoms with van der Waals surface area (Å²) in [7, 11) is 0. The molecule has 0 aliphatic heterocycles. The highest BCUT2D eigenvalue weighted by Crippen LogP contribution is 2.29. The van der Waals surface area contributed by atoms with Crippen molar-refractivity contribution in [2.45, 2.75) is 12.8 Å². The summed E-state index contributed by atoms with van der Waals surface area (Å²) in [5, 5.41) is 8.73. The van der Waals surface area contributed by atoms with Gasteiger partial charge in [-0.3, -0.25) is 0 Å². The quantitative estimate of drug-likeness (QED) is 0.701. The van der Waals surface area contributed by atoms with E-state index in [0.29, 0.717) is 24.0 Å². The first-order chi connectivity index (χ1) is 6.40. The van der Waals surface area contributed by atoms with Crippen LogP contribution in [0.2, 0.25) is 0 Å². The van der Waals surface area contributed by atoms with E-state index in [2.05, 4.69) is 11.1 Å². The molecule has 13 heavy (non-hydrogen) atoms. The first-order valence-electron chi connectivity index (χ1n) is 4.38. The van der Waals surface area contributed by atoms with E-state index in [9.17, 15) is 0 Å². The summed E-state index contributed by atoms with van der Waals surface area (Å²) < 4.78 is 5.42. The highest BCUT2D eigenvalue weighted by Gasteiger charge is 2.22. The van der Waals surface area contributed by atoms with Gasteiger partial charge in [0.2, 0.25) is 5.88 Å². The van der Waals surface area contributed by atoms with E-state index in [1.54, 1.807) is 18.3 Å². The fourth-order valence-corrected chi connectivity index (χ4v) is 1.07.